The molecule has 2 N–H and O–H groups in total. The monoisotopic (exact) mass is 281 g/mol. The van der Waals surface area contributed by atoms with E-state index in [4.69, 9.17) is 11.0 Å². The van der Waals surface area contributed by atoms with Gasteiger partial charge in [0.05, 0.1) is 12.0 Å². The van der Waals surface area contributed by atoms with Crippen LogP contribution in [0.5, 0.6) is 0 Å². The van der Waals surface area contributed by atoms with Gasteiger partial charge in [0.15, 0.2) is 0 Å². The number of rotatable bonds is 8. The van der Waals surface area contributed by atoms with Crippen LogP contribution in [0.2, 0.25) is 0 Å². The zero-order valence-corrected chi connectivity index (χ0v) is 13.8. The molecule has 0 aromatic heterocycles. The minimum absolute atomic E-state index is 0.110. The SMILES string of the molecule is CCN(CC(C)C#N)C(=O)CCC(CCN)C(C)(C)C. The lowest BCUT2D eigenvalue weighted by atomic mass is 9.76. The summed E-state index contributed by atoms with van der Waals surface area (Å²) in [6.45, 7) is 12.3. The molecule has 0 saturated heterocycles. The molecule has 0 fully saturated rings. The van der Waals surface area contributed by atoms with E-state index in [9.17, 15) is 4.79 Å². The largest absolute Gasteiger partial charge is 0.342 e. The molecule has 0 aromatic carbocycles. The highest BCUT2D eigenvalue weighted by molar-refractivity contribution is 5.76. The van der Waals surface area contributed by atoms with Crippen LogP contribution in [0.4, 0.5) is 0 Å². The van der Waals surface area contributed by atoms with Gasteiger partial charge >= 0.3 is 0 Å². The zero-order chi connectivity index (χ0) is 15.8. The van der Waals surface area contributed by atoms with Crippen molar-refractivity contribution in [1.29, 1.82) is 5.26 Å². The zero-order valence-electron chi connectivity index (χ0n) is 13.8. The molecule has 0 rings (SSSR count). The van der Waals surface area contributed by atoms with Crippen molar-refractivity contribution in [2.24, 2.45) is 23.0 Å². The molecule has 0 aliphatic carbocycles. The van der Waals surface area contributed by atoms with E-state index in [0.717, 1.165) is 12.8 Å². The van der Waals surface area contributed by atoms with Crippen molar-refractivity contribution in [3.63, 3.8) is 0 Å². The van der Waals surface area contributed by atoms with Gasteiger partial charge in [0.25, 0.3) is 0 Å². The Hall–Kier alpha value is -1.08. The molecule has 0 radical (unpaired) electrons. The molecule has 20 heavy (non-hydrogen) atoms. The summed E-state index contributed by atoms with van der Waals surface area (Å²) in [6, 6.07) is 2.18. The molecular formula is C16H31N3O. The number of amides is 1. The molecule has 0 spiro atoms. The topological polar surface area (TPSA) is 70.1 Å². The first-order valence-electron chi connectivity index (χ1n) is 7.63. The highest BCUT2D eigenvalue weighted by atomic mass is 16.2. The summed E-state index contributed by atoms with van der Waals surface area (Å²) < 4.78 is 0. The third kappa shape index (κ3) is 6.91. The van der Waals surface area contributed by atoms with Gasteiger partial charge in [-0.3, -0.25) is 4.79 Å². The van der Waals surface area contributed by atoms with Gasteiger partial charge in [-0.15, -0.1) is 0 Å². The van der Waals surface area contributed by atoms with Crippen LogP contribution >= 0.6 is 0 Å². The lowest BCUT2D eigenvalue weighted by molar-refractivity contribution is -0.131. The van der Waals surface area contributed by atoms with Gasteiger partial charge in [-0.2, -0.15) is 5.26 Å². The second-order valence-corrected chi connectivity index (χ2v) is 6.64. The Bertz CT molecular complexity index is 328. The van der Waals surface area contributed by atoms with E-state index in [0.29, 0.717) is 32.0 Å². The van der Waals surface area contributed by atoms with Crippen molar-refractivity contribution in [2.45, 2.75) is 53.9 Å². The van der Waals surface area contributed by atoms with E-state index in [1.807, 2.05) is 13.8 Å². The van der Waals surface area contributed by atoms with Crippen molar-refractivity contribution in [3.8, 4) is 6.07 Å². The Labute approximate surface area is 124 Å². The molecule has 116 valence electrons. The predicted molar refractivity (Wildman–Crippen MR) is 82.9 cm³/mol. The van der Waals surface area contributed by atoms with E-state index in [1.54, 1.807) is 4.90 Å². The van der Waals surface area contributed by atoms with E-state index in [-0.39, 0.29) is 17.2 Å². The van der Waals surface area contributed by atoms with Gasteiger partial charge in [-0.05, 0) is 44.6 Å². The number of carbonyl (C=O) groups is 1. The molecule has 0 bridgehead atoms. The smallest absolute Gasteiger partial charge is 0.222 e. The van der Waals surface area contributed by atoms with Crippen molar-refractivity contribution in [2.75, 3.05) is 19.6 Å². The average molecular weight is 281 g/mol. The summed E-state index contributed by atoms with van der Waals surface area (Å²) in [5, 5.41) is 8.85. The summed E-state index contributed by atoms with van der Waals surface area (Å²) in [5.41, 5.74) is 5.85. The number of hydrogen-bond donors (Lipinski definition) is 1. The molecule has 4 nitrogen and oxygen atoms in total. The quantitative estimate of drug-likeness (QED) is 0.743. The van der Waals surface area contributed by atoms with Gasteiger partial charge in [-0.1, -0.05) is 20.8 Å². The van der Waals surface area contributed by atoms with Crippen molar-refractivity contribution < 1.29 is 4.79 Å². The van der Waals surface area contributed by atoms with Crippen LogP contribution in [-0.4, -0.2) is 30.4 Å². The Balaban J connectivity index is 4.46. The minimum Gasteiger partial charge on any atom is -0.342 e. The van der Waals surface area contributed by atoms with Gasteiger partial charge in [-0.25, -0.2) is 0 Å². The predicted octanol–water partition coefficient (Wildman–Crippen LogP) is 2.79. The van der Waals surface area contributed by atoms with Gasteiger partial charge in [0.1, 0.15) is 0 Å². The molecule has 0 aliphatic rings. The lowest BCUT2D eigenvalue weighted by Gasteiger charge is -2.31. The molecule has 0 saturated carbocycles. The minimum atomic E-state index is -0.110. The van der Waals surface area contributed by atoms with Crippen molar-refractivity contribution in [3.05, 3.63) is 0 Å². The van der Waals surface area contributed by atoms with Crippen LogP contribution in [-0.2, 0) is 4.79 Å². The number of nitrogens with two attached hydrogens (primary N) is 1. The third-order valence-electron chi connectivity index (χ3n) is 3.90. The maximum Gasteiger partial charge on any atom is 0.222 e. The highest BCUT2D eigenvalue weighted by Gasteiger charge is 2.25. The number of hydrogen-bond acceptors (Lipinski definition) is 3. The molecule has 4 heteroatoms. The van der Waals surface area contributed by atoms with Gasteiger partial charge < -0.3 is 10.6 Å². The van der Waals surface area contributed by atoms with E-state index in [2.05, 4.69) is 26.8 Å². The summed E-state index contributed by atoms with van der Waals surface area (Å²) in [7, 11) is 0. The molecule has 1 amide bonds. The third-order valence-corrected chi connectivity index (χ3v) is 3.90. The fourth-order valence-electron chi connectivity index (χ4n) is 2.45. The molecule has 0 aromatic rings. The van der Waals surface area contributed by atoms with E-state index < -0.39 is 0 Å². The molecule has 0 heterocycles. The summed E-state index contributed by atoms with van der Waals surface area (Å²) in [5.74, 6) is 0.505. The Morgan fingerprint density at radius 3 is 2.35 bits per heavy atom. The van der Waals surface area contributed by atoms with Crippen LogP contribution in [0, 0.1) is 28.6 Å². The maximum absolute atomic E-state index is 12.2. The number of carbonyl (C=O) groups excluding carboxylic acids is 1. The number of nitrogens with zero attached hydrogens (tertiary/aromatic N) is 2. The first kappa shape index (κ1) is 18.9. The molecule has 2 atom stereocenters. The molecule has 0 aliphatic heterocycles. The second-order valence-electron chi connectivity index (χ2n) is 6.64. The Kier molecular flexibility index (Phi) is 8.48. The highest BCUT2D eigenvalue weighted by Crippen LogP contribution is 2.32. The van der Waals surface area contributed by atoms with E-state index >= 15 is 0 Å². The van der Waals surface area contributed by atoms with Crippen LogP contribution in [0.1, 0.15) is 53.9 Å². The van der Waals surface area contributed by atoms with Gasteiger partial charge in [0.2, 0.25) is 5.91 Å². The molecular weight excluding hydrogens is 250 g/mol. The summed E-state index contributed by atoms with van der Waals surface area (Å²) in [6.07, 6.45) is 2.38. The fourth-order valence-corrected chi connectivity index (χ4v) is 2.45. The Morgan fingerprint density at radius 2 is 1.95 bits per heavy atom. The van der Waals surface area contributed by atoms with Crippen LogP contribution in [0.15, 0.2) is 0 Å². The lowest BCUT2D eigenvalue weighted by Crippen LogP contribution is -2.35. The standard InChI is InChI=1S/C16H31N3O/c1-6-19(12-13(2)11-18)15(20)8-7-14(9-10-17)16(3,4)5/h13-14H,6-10,12,17H2,1-5H3. The maximum atomic E-state index is 12.2. The summed E-state index contributed by atoms with van der Waals surface area (Å²) in [4.78, 5) is 14.0. The van der Waals surface area contributed by atoms with Crippen LogP contribution in [0.3, 0.4) is 0 Å². The fraction of sp³-hybridized carbons (Fsp3) is 0.875. The average Bonchev–Trinajstić information content (AvgIpc) is 2.38. The summed E-state index contributed by atoms with van der Waals surface area (Å²) >= 11 is 0. The number of nitriles is 1. The van der Waals surface area contributed by atoms with Crippen molar-refractivity contribution >= 4 is 5.91 Å². The second kappa shape index (κ2) is 8.97. The van der Waals surface area contributed by atoms with Gasteiger partial charge in [0, 0.05) is 19.5 Å². The van der Waals surface area contributed by atoms with Crippen LogP contribution < -0.4 is 5.73 Å². The first-order chi connectivity index (χ1) is 9.26. The van der Waals surface area contributed by atoms with Crippen molar-refractivity contribution in [1.82, 2.24) is 4.90 Å². The Morgan fingerprint density at radius 1 is 1.35 bits per heavy atom. The molecule has 2 unspecified atom stereocenters. The van der Waals surface area contributed by atoms with Crippen LogP contribution in [0.25, 0.3) is 0 Å². The normalized spacial score (nSPS) is 14.4. The van der Waals surface area contributed by atoms with E-state index in [1.165, 1.54) is 0 Å². The first-order valence-corrected chi connectivity index (χ1v) is 7.63.